The molecule has 1 aliphatic rings. The van der Waals surface area contributed by atoms with Crippen LogP contribution in [0.1, 0.15) is 0 Å². The average Bonchev–Trinajstić information content (AvgIpc) is 2.00. The minimum absolute atomic E-state index is 0. The van der Waals surface area contributed by atoms with Gasteiger partial charge in [-0.1, -0.05) is 24.3 Å². The minimum atomic E-state index is -10.7. The van der Waals surface area contributed by atoms with Crippen molar-refractivity contribution in [2.24, 2.45) is 0 Å². The molecule has 0 fully saturated rings. The fourth-order valence-electron chi connectivity index (χ4n) is 0.321. The Morgan fingerprint density at radius 2 is 0.846 bits per heavy atom. The monoisotopic (exact) mass is 312 g/mol. The maximum Gasteiger partial charge on any atom is 0.00506 e. The van der Waals surface area contributed by atoms with Crippen molar-refractivity contribution in [3.63, 3.8) is 0 Å². The van der Waals surface area contributed by atoms with Crippen LogP contribution in [0, 0.1) is 6.42 Å². The van der Waals surface area contributed by atoms with E-state index >= 15 is 0 Å². The van der Waals surface area contributed by atoms with Gasteiger partial charge < -0.3 is 0 Å². The van der Waals surface area contributed by atoms with Crippen molar-refractivity contribution in [1.29, 1.82) is 0 Å². The summed E-state index contributed by atoms with van der Waals surface area (Å²) >= 11 is 0. The number of rotatable bonds is 0. The Bertz CT molecular complexity index is 189. The predicted molar refractivity (Wildman–Crippen MR) is 36.1 cm³/mol. The van der Waals surface area contributed by atoms with Crippen LogP contribution in [0.25, 0.3) is 0 Å². The van der Waals surface area contributed by atoms with Crippen LogP contribution in [-0.2, 0) is 19.5 Å². The summed E-state index contributed by atoms with van der Waals surface area (Å²) in [5, 5.41) is 0. The molecule has 81 valence electrons. The molecule has 0 saturated heterocycles. The van der Waals surface area contributed by atoms with Crippen molar-refractivity contribution in [3.05, 3.63) is 30.7 Å². The van der Waals surface area contributed by atoms with E-state index in [2.05, 4.69) is 0 Å². The van der Waals surface area contributed by atoms with E-state index in [4.69, 9.17) is 0 Å². The molecule has 0 aromatic carbocycles. The van der Waals surface area contributed by atoms with Crippen molar-refractivity contribution < 1.29 is 44.7 Å². The number of hydrogen-bond acceptors (Lipinski definition) is 0. The molecule has 0 unspecified atom stereocenters. The van der Waals surface area contributed by atoms with Gasteiger partial charge in [0.25, 0.3) is 0 Å². The van der Waals surface area contributed by atoms with E-state index in [1.807, 2.05) is 30.7 Å². The molecule has 0 saturated carbocycles. The zero-order valence-corrected chi connectivity index (χ0v) is 8.59. The largest absolute Gasteiger partial charge is 0.0767 e. The summed E-state index contributed by atoms with van der Waals surface area (Å²) in [7, 11) is -10.7. The molecule has 0 aromatic rings. The van der Waals surface area contributed by atoms with Crippen LogP contribution >= 0.6 is 7.81 Å². The van der Waals surface area contributed by atoms with Gasteiger partial charge in [-0.25, -0.2) is 0 Å². The minimum Gasteiger partial charge on any atom is -0.0767 e. The summed E-state index contributed by atoms with van der Waals surface area (Å²) < 4.78 is 59.2. The maximum atomic E-state index is 9.87. The van der Waals surface area contributed by atoms with Gasteiger partial charge in [0.1, 0.15) is 0 Å². The maximum absolute atomic E-state index is 10.7. The molecule has 0 spiro atoms. The van der Waals surface area contributed by atoms with Crippen LogP contribution in [0.2, 0.25) is 0 Å². The summed E-state index contributed by atoms with van der Waals surface area (Å²) in [6, 6.07) is 0. The molecule has 0 bridgehead atoms. The SMILES string of the molecule is F[P-](F)(F)(F)(F)F.[CH]1C=CC=C1.[Ru]. The molecule has 0 atom stereocenters. The van der Waals surface area contributed by atoms with E-state index in [-0.39, 0.29) is 19.5 Å². The van der Waals surface area contributed by atoms with Crippen LogP contribution in [0.5, 0.6) is 0 Å². The zero-order valence-electron chi connectivity index (χ0n) is 5.96. The first-order valence-electron chi connectivity index (χ1n) is 2.68. The third-order valence-corrected chi connectivity index (χ3v) is 0.556. The molecule has 8 heteroatoms. The fraction of sp³-hybridized carbons (Fsp3) is 0. The summed E-state index contributed by atoms with van der Waals surface area (Å²) in [4.78, 5) is 0. The molecule has 1 aliphatic carbocycles. The number of allylic oxidation sites excluding steroid dienone is 4. The molecule has 13 heavy (non-hydrogen) atoms. The van der Waals surface area contributed by atoms with E-state index in [1.54, 1.807) is 0 Å². The van der Waals surface area contributed by atoms with E-state index < -0.39 is 7.81 Å². The van der Waals surface area contributed by atoms with Crippen LogP contribution in [0.3, 0.4) is 0 Å². The first kappa shape index (κ1) is 15.6. The molecular formula is C5H5F6PRu-. The molecule has 0 heterocycles. The Hall–Kier alpha value is 0.113. The molecule has 1 rings (SSSR count). The molecule has 0 aliphatic heterocycles. The first-order valence-corrected chi connectivity index (χ1v) is 4.71. The Morgan fingerprint density at radius 3 is 0.923 bits per heavy atom. The summed E-state index contributed by atoms with van der Waals surface area (Å²) in [6.07, 6.45) is 10.0. The second-order valence-electron chi connectivity index (χ2n) is 1.92. The molecule has 0 nitrogen and oxygen atoms in total. The van der Waals surface area contributed by atoms with Gasteiger partial charge >= 0.3 is 33.0 Å². The van der Waals surface area contributed by atoms with Crippen LogP contribution in [0.4, 0.5) is 25.2 Å². The average molecular weight is 311 g/mol. The quantitative estimate of drug-likeness (QED) is 0.346. The Labute approximate surface area is 83.7 Å². The van der Waals surface area contributed by atoms with Gasteiger partial charge in [-0.3, -0.25) is 0 Å². The van der Waals surface area contributed by atoms with Gasteiger partial charge in [-0.15, -0.1) is 0 Å². The van der Waals surface area contributed by atoms with Gasteiger partial charge in [0.05, 0.1) is 0 Å². The van der Waals surface area contributed by atoms with E-state index in [1.165, 1.54) is 0 Å². The molecule has 0 aromatic heterocycles. The Kier molecular flexibility index (Phi) is 4.43. The second kappa shape index (κ2) is 3.70. The second-order valence-corrected chi connectivity index (χ2v) is 3.84. The predicted octanol–water partition coefficient (Wildman–Crippen LogP) is 4.70. The number of halogens is 6. The van der Waals surface area contributed by atoms with Crippen LogP contribution < -0.4 is 0 Å². The summed E-state index contributed by atoms with van der Waals surface area (Å²) in [5.41, 5.74) is 0. The van der Waals surface area contributed by atoms with Gasteiger partial charge in [0.2, 0.25) is 0 Å². The van der Waals surface area contributed by atoms with Gasteiger partial charge in [0, 0.05) is 25.9 Å². The molecular weight excluding hydrogens is 306 g/mol. The zero-order chi connectivity index (χ0) is 9.94. The molecule has 0 N–H and O–H groups in total. The number of hydrogen-bond donors (Lipinski definition) is 0. The smallest absolute Gasteiger partial charge is 0.00506 e. The first-order chi connectivity index (χ1) is 4.95. The topological polar surface area (TPSA) is 0 Å². The van der Waals surface area contributed by atoms with Crippen LogP contribution in [0.15, 0.2) is 24.3 Å². The van der Waals surface area contributed by atoms with Gasteiger partial charge in [-0.05, 0) is 0 Å². The van der Waals surface area contributed by atoms with E-state index in [0.717, 1.165) is 0 Å². The van der Waals surface area contributed by atoms with Crippen molar-refractivity contribution in [1.82, 2.24) is 0 Å². The van der Waals surface area contributed by atoms with Gasteiger partial charge in [0.15, 0.2) is 0 Å². The van der Waals surface area contributed by atoms with Crippen LogP contribution in [-0.4, -0.2) is 0 Å². The third-order valence-electron chi connectivity index (χ3n) is 0.556. The molecule has 1 radical (unpaired) electrons. The van der Waals surface area contributed by atoms with Crippen molar-refractivity contribution >= 4 is 7.81 Å². The third kappa shape index (κ3) is 47.4. The van der Waals surface area contributed by atoms with Crippen molar-refractivity contribution in [3.8, 4) is 0 Å². The Balaban J connectivity index is 0. The fourth-order valence-corrected chi connectivity index (χ4v) is 0.321. The molecule has 0 amide bonds. The van der Waals surface area contributed by atoms with Gasteiger partial charge in [-0.2, -0.15) is 0 Å². The van der Waals surface area contributed by atoms with E-state index in [9.17, 15) is 25.2 Å². The van der Waals surface area contributed by atoms with Crippen molar-refractivity contribution in [2.75, 3.05) is 0 Å². The summed E-state index contributed by atoms with van der Waals surface area (Å²) in [6.45, 7) is 0. The summed E-state index contributed by atoms with van der Waals surface area (Å²) in [5.74, 6) is 0. The Morgan fingerprint density at radius 1 is 0.615 bits per heavy atom. The van der Waals surface area contributed by atoms with E-state index in [0.29, 0.717) is 0 Å². The normalized spacial score (nSPS) is 19.2. The van der Waals surface area contributed by atoms with Crippen molar-refractivity contribution in [2.45, 2.75) is 0 Å². The standard InChI is InChI=1S/C5H5.F6P.Ru/c1-2-4-5-3-1;1-7(2,3,4,5)6;/h1-5H;;/q;-1;.